The van der Waals surface area contributed by atoms with Crippen molar-refractivity contribution in [2.75, 3.05) is 0 Å². The van der Waals surface area contributed by atoms with Crippen LogP contribution in [0, 0.1) is 3.95 Å². The number of aromatic nitrogens is 1. The largest absolute Gasteiger partial charge is 1.00 e. The predicted octanol–water partition coefficient (Wildman–Crippen LogP) is -0.339. The molecule has 6 heteroatoms. The number of carbonyl (C=O) groups is 1. The van der Waals surface area contributed by atoms with E-state index in [1.54, 1.807) is 18.2 Å². The summed E-state index contributed by atoms with van der Waals surface area (Å²) in [6.45, 7) is 0. The van der Waals surface area contributed by atoms with E-state index in [0.717, 1.165) is 10.2 Å². The van der Waals surface area contributed by atoms with E-state index in [1.807, 2.05) is 0 Å². The second-order valence-electron chi connectivity index (χ2n) is 2.53. The van der Waals surface area contributed by atoms with Crippen molar-refractivity contribution in [3.63, 3.8) is 0 Å². The number of hydrogen-bond donors (Lipinski definition) is 2. The van der Waals surface area contributed by atoms with E-state index < -0.39 is 5.97 Å². The first-order chi connectivity index (χ1) is 6.16. The molecule has 0 atom stereocenters. The summed E-state index contributed by atoms with van der Waals surface area (Å²) in [6, 6.07) is 4.92. The first-order valence-corrected chi connectivity index (χ1v) is 4.75. The van der Waals surface area contributed by atoms with E-state index in [1.165, 1.54) is 11.3 Å². The molecule has 0 radical (unpaired) electrons. The molecule has 0 unspecified atom stereocenters. The Bertz CT molecular complexity index is 531. The van der Waals surface area contributed by atoms with Gasteiger partial charge >= 0.3 is 35.5 Å². The number of thiazole rings is 1. The number of carboxylic acids is 1. The Hall–Kier alpha value is -0.200. The van der Waals surface area contributed by atoms with Crippen LogP contribution in [0.5, 0.6) is 0 Å². The van der Waals surface area contributed by atoms with Crippen LogP contribution in [0.4, 0.5) is 0 Å². The first kappa shape index (κ1) is 11.9. The summed E-state index contributed by atoms with van der Waals surface area (Å²) in [7, 11) is 0. The van der Waals surface area contributed by atoms with Crippen LogP contribution in [0.3, 0.4) is 0 Å². The summed E-state index contributed by atoms with van der Waals surface area (Å²) in [4.78, 5) is 13.5. The quantitative estimate of drug-likeness (QED) is 0.524. The molecule has 0 aliphatic rings. The second kappa shape index (κ2) is 4.55. The number of H-pyrrole nitrogens is 1. The molecule has 1 heterocycles. The summed E-state index contributed by atoms with van der Waals surface area (Å²) in [5.74, 6) is -0.924. The molecule has 3 nitrogen and oxygen atoms in total. The summed E-state index contributed by atoms with van der Waals surface area (Å²) < 4.78 is 1.65. The SMILES string of the molecule is O=C(O)c1ccc2sc(=S)[nH]c2c1.[Na+]. The van der Waals surface area contributed by atoms with Gasteiger partial charge in [0.15, 0.2) is 3.95 Å². The van der Waals surface area contributed by atoms with E-state index >= 15 is 0 Å². The zero-order valence-electron chi connectivity index (χ0n) is 7.40. The van der Waals surface area contributed by atoms with Crippen molar-refractivity contribution in [3.05, 3.63) is 27.7 Å². The predicted molar refractivity (Wildman–Crippen MR) is 54.0 cm³/mol. The first-order valence-electron chi connectivity index (χ1n) is 3.53. The molecular formula is C8H5NNaO2S2+. The number of aromatic carboxylic acids is 1. The van der Waals surface area contributed by atoms with Gasteiger partial charge in [0, 0.05) is 0 Å². The summed E-state index contributed by atoms with van der Waals surface area (Å²) in [5, 5.41) is 8.71. The van der Waals surface area contributed by atoms with Gasteiger partial charge in [-0.25, -0.2) is 4.79 Å². The van der Waals surface area contributed by atoms with Crippen molar-refractivity contribution in [1.29, 1.82) is 0 Å². The average Bonchev–Trinajstić information content (AvgIpc) is 2.42. The van der Waals surface area contributed by atoms with Gasteiger partial charge in [-0.3, -0.25) is 0 Å². The molecule has 2 N–H and O–H groups in total. The van der Waals surface area contributed by atoms with Gasteiger partial charge in [-0.1, -0.05) is 0 Å². The average molecular weight is 234 g/mol. The number of carboxylic acid groups (broad SMARTS) is 1. The third-order valence-corrected chi connectivity index (χ3v) is 2.88. The fourth-order valence-electron chi connectivity index (χ4n) is 1.09. The molecule has 0 saturated heterocycles. The Kier molecular flexibility index (Phi) is 3.86. The fraction of sp³-hybridized carbons (Fsp3) is 0. The zero-order valence-corrected chi connectivity index (χ0v) is 11.0. The topological polar surface area (TPSA) is 53.1 Å². The van der Waals surface area contributed by atoms with Gasteiger partial charge in [0.25, 0.3) is 0 Å². The van der Waals surface area contributed by atoms with Crippen LogP contribution in [0.2, 0.25) is 0 Å². The van der Waals surface area contributed by atoms with Crippen LogP contribution >= 0.6 is 23.6 Å². The number of nitrogens with one attached hydrogen (secondary N) is 1. The minimum absolute atomic E-state index is 0. The third-order valence-electron chi connectivity index (χ3n) is 1.67. The van der Waals surface area contributed by atoms with Crippen molar-refractivity contribution >= 4 is 39.7 Å². The molecule has 1 aromatic carbocycles. The normalized spacial score (nSPS) is 9.71. The Balaban J connectivity index is 0.000000980. The standard InChI is InChI=1S/C8H5NO2S2.Na/c10-7(11)4-1-2-6-5(3-4)9-8(12)13-6;/h1-3H,(H,9,12)(H,10,11);/q;+1. The van der Waals surface area contributed by atoms with Crippen LogP contribution in [0.15, 0.2) is 18.2 Å². The molecule has 0 spiro atoms. The number of aromatic amines is 1. The molecule has 0 aliphatic heterocycles. The van der Waals surface area contributed by atoms with E-state index in [4.69, 9.17) is 17.3 Å². The maximum Gasteiger partial charge on any atom is 1.00 e. The number of hydrogen-bond acceptors (Lipinski definition) is 3. The van der Waals surface area contributed by atoms with Gasteiger partial charge < -0.3 is 10.1 Å². The Morgan fingerprint density at radius 3 is 2.86 bits per heavy atom. The van der Waals surface area contributed by atoms with Gasteiger partial charge in [-0.2, -0.15) is 0 Å². The molecule has 0 bridgehead atoms. The van der Waals surface area contributed by atoms with Crippen LogP contribution < -0.4 is 29.6 Å². The molecule has 0 amide bonds. The van der Waals surface area contributed by atoms with E-state index in [2.05, 4.69) is 4.98 Å². The van der Waals surface area contributed by atoms with Crippen molar-refractivity contribution in [2.45, 2.75) is 0 Å². The molecule has 0 saturated carbocycles. The van der Waals surface area contributed by atoms with Gasteiger partial charge in [0.05, 0.1) is 15.8 Å². The third kappa shape index (κ3) is 2.24. The van der Waals surface area contributed by atoms with Gasteiger partial charge in [-0.05, 0) is 30.4 Å². The minimum atomic E-state index is -0.924. The zero-order chi connectivity index (χ0) is 9.42. The van der Waals surface area contributed by atoms with Crippen molar-refractivity contribution in [2.24, 2.45) is 0 Å². The van der Waals surface area contributed by atoms with E-state index in [0.29, 0.717) is 3.95 Å². The van der Waals surface area contributed by atoms with Crippen molar-refractivity contribution in [1.82, 2.24) is 4.98 Å². The molecule has 66 valence electrons. The minimum Gasteiger partial charge on any atom is -0.478 e. The maximum atomic E-state index is 10.6. The summed E-state index contributed by atoms with van der Waals surface area (Å²) in [6.07, 6.45) is 0. The molecule has 0 fully saturated rings. The molecule has 1 aromatic heterocycles. The number of benzene rings is 1. The van der Waals surface area contributed by atoms with E-state index in [9.17, 15) is 4.79 Å². The maximum absolute atomic E-state index is 10.6. The van der Waals surface area contributed by atoms with Crippen LogP contribution in [-0.2, 0) is 0 Å². The molecule has 14 heavy (non-hydrogen) atoms. The molecule has 2 rings (SSSR count). The van der Waals surface area contributed by atoms with Crippen LogP contribution in [-0.4, -0.2) is 16.1 Å². The Morgan fingerprint density at radius 2 is 2.21 bits per heavy atom. The van der Waals surface area contributed by atoms with Gasteiger partial charge in [0.2, 0.25) is 0 Å². The van der Waals surface area contributed by atoms with Crippen molar-refractivity contribution in [3.8, 4) is 0 Å². The smallest absolute Gasteiger partial charge is 0.478 e. The Labute approximate surface area is 111 Å². The fourth-order valence-corrected chi connectivity index (χ4v) is 2.18. The van der Waals surface area contributed by atoms with Crippen molar-refractivity contribution < 1.29 is 39.5 Å². The monoisotopic (exact) mass is 234 g/mol. The molecule has 0 aliphatic carbocycles. The van der Waals surface area contributed by atoms with Crippen LogP contribution in [0.25, 0.3) is 10.2 Å². The summed E-state index contributed by atoms with van der Waals surface area (Å²) >= 11 is 6.38. The Morgan fingerprint density at radius 1 is 1.50 bits per heavy atom. The summed E-state index contributed by atoms with van der Waals surface area (Å²) in [5.41, 5.74) is 1.06. The van der Waals surface area contributed by atoms with E-state index in [-0.39, 0.29) is 35.1 Å². The second-order valence-corrected chi connectivity index (χ2v) is 4.25. The molecule has 2 aromatic rings. The number of fused-ring (bicyclic) bond motifs is 1. The van der Waals surface area contributed by atoms with Gasteiger partial charge in [0.1, 0.15) is 0 Å². The molecular weight excluding hydrogens is 229 g/mol. The number of rotatable bonds is 1. The van der Waals surface area contributed by atoms with Gasteiger partial charge in [-0.15, -0.1) is 11.3 Å². The van der Waals surface area contributed by atoms with Crippen LogP contribution in [0.1, 0.15) is 10.4 Å².